The number of nitrogens with one attached hydrogen (secondary N) is 1. The summed E-state index contributed by atoms with van der Waals surface area (Å²) >= 11 is 0. The van der Waals surface area contributed by atoms with Gasteiger partial charge in [-0.1, -0.05) is 19.9 Å². The molecule has 4 heterocycles. The maximum atomic E-state index is 14.0. The van der Waals surface area contributed by atoms with Crippen molar-refractivity contribution < 1.29 is 31.5 Å². The first-order valence-electron chi connectivity index (χ1n) is 16.3. The summed E-state index contributed by atoms with van der Waals surface area (Å²) in [4.78, 5) is 17.1. The number of rotatable bonds is 11. The highest BCUT2D eigenvalue weighted by molar-refractivity contribution is 7.88. The highest BCUT2D eigenvalue weighted by atomic mass is 32.2. The van der Waals surface area contributed by atoms with Crippen molar-refractivity contribution >= 4 is 15.9 Å². The van der Waals surface area contributed by atoms with E-state index in [9.17, 15) is 31.5 Å². The Hall–Kier alpha value is -2.52. The number of hydrogen-bond acceptors (Lipinski definition) is 7. The summed E-state index contributed by atoms with van der Waals surface area (Å²) < 4.78 is 69.9. The monoisotopic (exact) mass is 668 g/mol. The number of sulfonamides is 1. The van der Waals surface area contributed by atoms with Crippen LogP contribution in [0.4, 0.5) is 13.2 Å². The van der Waals surface area contributed by atoms with Gasteiger partial charge in [0.1, 0.15) is 0 Å². The minimum Gasteiger partial charge on any atom is -0.390 e. The van der Waals surface area contributed by atoms with Gasteiger partial charge in [0.2, 0.25) is 15.9 Å². The molecule has 1 atom stereocenters. The maximum absolute atomic E-state index is 14.0. The Balaban J connectivity index is 1.38. The van der Waals surface area contributed by atoms with E-state index in [2.05, 4.69) is 15.1 Å². The van der Waals surface area contributed by atoms with Crippen molar-refractivity contribution in [1.82, 2.24) is 29.2 Å². The quantitative estimate of drug-likeness (QED) is 0.378. The number of aromatic nitrogens is 2. The Morgan fingerprint density at radius 3 is 2.41 bits per heavy atom. The molecule has 10 nitrogen and oxygen atoms in total. The first-order chi connectivity index (χ1) is 21.7. The van der Waals surface area contributed by atoms with Gasteiger partial charge < -0.3 is 20.2 Å². The van der Waals surface area contributed by atoms with Crippen LogP contribution in [0.3, 0.4) is 0 Å². The number of fused-ring (bicyclic) bond motifs is 1. The normalized spacial score (nSPS) is 19.9. The molecule has 0 bridgehead atoms. The van der Waals surface area contributed by atoms with E-state index in [1.54, 1.807) is 4.68 Å². The lowest BCUT2D eigenvalue weighted by Gasteiger charge is -2.37. The Kier molecular flexibility index (Phi) is 10.8. The van der Waals surface area contributed by atoms with Crippen LogP contribution in [0.2, 0.25) is 0 Å². The van der Waals surface area contributed by atoms with Crippen LogP contribution in [-0.2, 0) is 47.0 Å². The van der Waals surface area contributed by atoms with Crippen molar-refractivity contribution in [3.05, 3.63) is 40.6 Å². The van der Waals surface area contributed by atoms with Crippen molar-refractivity contribution in [2.45, 2.75) is 90.3 Å². The number of hydrogen-bond donors (Lipinski definition) is 2. The molecule has 46 heavy (non-hydrogen) atoms. The summed E-state index contributed by atoms with van der Waals surface area (Å²) in [5.74, 6) is -0.285. The molecular formula is C32H47F3N6O4S. The zero-order chi connectivity index (χ0) is 33.2. The number of amides is 1. The minimum atomic E-state index is -4.63. The average molecular weight is 669 g/mol. The van der Waals surface area contributed by atoms with Gasteiger partial charge in [-0.05, 0) is 75.5 Å². The predicted octanol–water partition coefficient (Wildman–Crippen LogP) is 3.47. The second kappa shape index (κ2) is 14.3. The van der Waals surface area contributed by atoms with Gasteiger partial charge in [0.25, 0.3) is 0 Å². The first kappa shape index (κ1) is 34.8. The van der Waals surface area contributed by atoms with Crippen LogP contribution in [0.15, 0.2) is 18.2 Å². The molecule has 1 unspecified atom stereocenters. The third kappa shape index (κ3) is 8.49. The van der Waals surface area contributed by atoms with Gasteiger partial charge in [-0.2, -0.15) is 22.6 Å². The molecule has 2 aromatic rings. The Morgan fingerprint density at radius 2 is 1.78 bits per heavy atom. The van der Waals surface area contributed by atoms with Crippen LogP contribution >= 0.6 is 0 Å². The summed E-state index contributed by atoms with van der Waals surface area (Å²) in [7, 11) is -3.53. The third-order valence-electron chi connectivity index (χ3n) is 9.39. The van der Waals surface area contributed by atoms with E-state index in [1.165, 1.54) is 42.4 Å². The van der Waals surface area contributed by atoms with Gasteiger partial charge in [-0.3, -0.25) is 9.48 Å². The SMILES string of the molecule is CC(C)CC(=O)NCc1cc(-c2nn(CC(O)CN3CCC(N4CCCC4)CC3)c3c2CN(S(C)(=O)=O)CC3)ccc1C(F)(F)F. The van der Waals surface area contributed by atoms with Crippen LogP contribution in [0, 0.1) is 5.92 Å². The molecule has 2 saturated heterocycles. The Labute approximate surface area is 270 Å². The molecule has 14 heteroatoms. The molecule has 3 aliphatic heterocycles. The lowest BCUT2D eigenvalue weighted by atomic mass is 9.97. The van der Waals surface area contributed by atoms with Gasteiger partial charge in [0.05, 0.1) is 30.2 Å². The average Bonchev–Trinajstić information content (AvgIpc) is 3.64. The van der Waals surface area contributed by atoms with Crippen molar-refractivity contribution in [3.63, 3.8) is 0 Å². The summed E-state index contributed by atoms with van der Waals surface area (Å²) in [5.41, 5.74) is 1.21. The molecule has 0 radical (unpaired) electrons. The highest BCUT2D eigenvalue weighted by Crippen LogP contribution is 2.37. The van der Waals surface area contributed by atoms with Gasteiger partial charge in [-0.15, -0.1) is 0 Å². The fourth-order valence-corrected chi connectivity index (χ4v) is 7.85. The van der Waals surface area contributed by atoms with Crippen molar-refractivity contribution in [3.8, 4) is 11.3 Å². The number of alkyl halides is 3. The molecule has 1 aromatic heterocycles. The van der Waals surface area contributed by atoms with Gasteiger partial charge >= 0.3 is 6.18 Å². The maximum Gasteiger partial charge on any atom is 0.416 e. The molecule has 0 spiro atoms. The van der Waals surface area contributed by atoms with E-state index in [1.807, 2.05) is 13.8 Å². The predicted molar refractivity (Wildman–Crippen MR) is 169 cm³/mol. The van der Waals surface area contributed by atoms with Crippen molar-refractivity contribution in [2.75, 3.05) is 45.5 Å². The van der Waals surface area contributed by atoms with Crippen molar-refractivity contribution in [1.29, 1.82) is 0 Å². The minimum absolute atomic E-state index is 0.0328. The molecule has 1 aromatic carbocycles. The molecule has 2 fully saturated rings. The fourth-order valence-electron chi connectivity index (χ4n) is 7.06. The zero-order valence-electron chi connectivity index (χ0n) is 27.0. The largest absolute Gasteiger partial charge is 0.416 e. The van der Waals surface area contributed by atoms with E-state index < -0.39 is 27.9 Å². The highest BCUT2D eigenvalue weighted by Gasteiger charge is 2.35. The Morgan fingerprint density at radius 1 is 1.09 bits per heavy atom. The van der Waals surface area contributed by atoms with Gasteiger partial charge in [0, 0.05) is 61.9 Å². The number of aliphatic hydroxyl groups excluding tert-OH is 1. The zero-order valence-corrected chi connectivity index (χ0v) is 27.8. The summed E-state index contributed by atoms with van der Waals surface area (Å²) in [6.07, 6.45) is 1.00. The van der Waals surface area contributed by atoms with E-state index in [0.29, 0.717) is 35.8 Å². The number of β-amino-alcohol motifs (C(OH)–C–C–N with tert-alkyl or cyclic N) is 1. The van der Waals surface area contributed by atoms with Gasteiger partial charge in [0.15, 0.2) is 0 Å². The lowest BCUT2D eigenvalue weighted by Crippen LogP contribution is -2.46. The molecule has 0 saturated carbocycles. The van der Waals surface area contributed by atoms with Crippen molar-refractivity contribution in [2.24, 2.45) is 5.92 Å². The number of likely N-dealkylation sites (tertiary alicyclic amines) is 2. The van der Waals surface area contributed by atoms with E-state index in [4.69, 9.17) is 5.10 Å². The molecule has 3 aliphatic rings. The van der Waals surface area contributed by atoms with E-state index in [-0.39, 0.29) is 50.0 Å². The fraction of sp³-hybridized carbons (Fsp3) is 0.688. The summed E-state index contributed by atoms with van der Waals surface area (Å²) in [5, 5.41) is 18.6. The standard InChI is InChI=1S/C32H47F3N6O4S/c1-22(2)16-30(43)36-18-24-17-23(6-7-28(24)32(33,34)35)31-27-21-40(46(3,44)45)15-10-29(27)41(37-31)20-26(42)19-38-13-8-25(9-14-38)39-11-4-5-12-39/h6-7,17,22,25-26,42H,4-5,8-16,18-21H2,1-3H3,(H,36,43). The molecule has 2 N–H and O–H groups in total. The van der Waals surface area contributed by atoms with Crippen LogP contribution in [0.1, 0.15) is 68.3 Å². The van der Waals surface area contributed by atoms with Gasteiger partial charge in [-0.25, -0.2) is 8.42 Å². The molecule has 1 amide bonds. The number of aliphatic hydroxyl groups is 1. The summed E-state index contributed by atoms with van der Waals surface area (Å²) in [6, 6.07) is 4.32. The number of benzene rings is 1. The van der Waals surface area contributed by atoms with Crippen LogP contribution in [-0.4, -0.2) is 101 Å². The topological polar surface area (TPSA) is 111 Å². The lowest BCUT2D eigenvalue weighted by molar-refractivity contribution is -0.138. The van der Waals surface area contributed by atoms with E-state index >= 15 is 0 Å². The van der Waals surface area contributed by atoms with Crippen LogP contribution in [0.5, 0.6) is 0 Å². The molecular weight excluding hydrogens is 621 g/mol. The molecule has 0 aliphatic carbocycles. The number of piperidine rings is 1. The molecule has 5 rings (SSSR count). The number of halogens is 3. The number of carbonyl (C=O) groups excluding carboxylic acids is 1. The number of nitrogens with zero attached hydrogens (tertiary/aromatic N) is 5. The van der Waals surface area contributed by atoms with E-state index in [0.717, 1.165) is 43.9 Å². The van der Waals surface area contributed by atoms with Crippen LogP contribution < -0.4 is 5.32 Å². The molecule has 256 valence electrons. The Bertz CT molecular complexity index is 1480. The smallest absolute Gasteiger partial charge is 0.390 e. The number of carbonyl (C=O) groups is 1. The third-order valence-corrected chi connectivity index (χ3v) is 10.6. The summed E-state index contributed by atoms with van der Waals surface area (Å²) in [6.45, 7) is 8.51. The second-order valence-corrected chi connectivity index (χ2v) is 15.5. The first-order valence-corrected chi connectivity index (χ1v) is 18.2. The van der Waals surface area contributed by atoms with Crippen LogP contribution in [0.25, 0.3) is 11.3 Å². The second-order valence-electron chi connectivity index (χ2n) is 13.5.